The molecule has 3 aromatic rings. The number of hydrogen-bond acceptors (Lipinski definition) is 5. The van der Waals surface area contributed by atoms with Gasteiger partial charge in [-0.15, -0.1) is 0 Å². The van der Waals surface area contributed by atoms with Crippen molar-refractivity contribution < 1.29 is 9.53 Å². The summed E-state index contributed by atoms with van der Waals surface area (Å²) in [7, 11) is 1.64. The highest BCUT2D eigenvalue weighted by atomic mass is 16.5. The number of hydrogen-bond donors (Lipinski definition) is 2. The normalized spacial score (nSPS) is 10.7. The lowest BCUT2D eigenvalue weighted by molar-refractivity contribution is 0.102. The third kappa shape index (κ3) is 5.54. The Balaban J connectivity index is 1.67. The number of anilines is 2. The number of carbonyl (C=O) groups is 1. The van der Waals surface area contributed by atoms with Crippen molar-refractivity contribution in [3.05, 3.63) is 77.2 Å². The fourth-order valence-electron chi connectivity index (χ4n) is 2.86. The summed E-state index contributed by atoms with van der Waals surface area (Å²) in [5, 5.41) is 6.14. The van der Waals surface area contributed by atoms with Crippen molar-refractivity contribution >= 4 is 17.4 Å². The van der Waals surface area contributed by atoms with Gasteiger partial charge in [0.15, 0.2) is 0 Å². The van der Waals surface area contributed by atoms with E-state index >= 15 is 0 Å². The van der Waals surface area contributed by atoms with Crippen LogP contribution < -0.4 is 15.4 Å². The SMILES string of the molecule is COc1ccc(CNc2cc(C(=O)Nc3ccc(C(C)C)cc3)nc(C)n2)cc1. The number of ether oxygens (including phenoxy) is 1. The maximum Gasteiger partial charge on any atom is 0.274 e. The number of benzene rings is 2. The molecule has 0 fully saturated rings. The van der Waals surface area contributed by atoms with Gasteiger partial charge in [0.1, 0.15) is 23.1 Å². The second-order valence-electron chi connectivity index (χ2n) is 7.12. The molecule has 0 saturated heterocycles. The summed E-state index contributed by atoms with van der Waals surface area (Å²) in [6, 6.07) is 17.3. The highest BCUT2D eigenvalue weighted by Crippen LogP contribution is 2.18. The first-order chi connectivity index (χ1) is 13.9. The average molecular weight is 390 g/mol. The van der Waals surface area contributed by atoms with Gasteiger partial charge in [0.05, 0.1) is 7.11 Å². The van der Waals surface area contributed by atoms with Crippen molar-refractivity contribution in [2.24, 2.45) is 0 Å². The minimum absolute atomic E-state index is 0.264. The van der Waals surface area contributed by atoms with Crippen molar-refractivity contribution in [3.63, 3.8) is 0 Å². The summed E-state index contributed by atoms with van der Waals surface area (Å²) < 4.78 is 5.17. The molecular weight excluding hydrogens is 364 g/mol. The molecule has 1 amide bonds. The van der Waals surface area contributed by atoms with Gasteiger partial charge in [0.25, 0.3) is 5.91 Å². The van der Waals surface area contributed by atoms with E-state index in [2.05, 4.69) is 34.4 Å². The fourth-order valence-corrected chi connectivity index (χ4v) is 2.86. The number of nitrogens with zero attached hydrogens (tertiary/aromatic N) is 2. The number of methoxy groups -OCH3 is 1. The van der Waals surface area contributed by atoms with E-state index in [0.29, 0.717) is 29.8 Å². The smallest absolute Gasteiger partial charge is 0.274 e. The Labute approximate surface area is 171 Å². The first kappa shape index (κ1) is 20.3. The highest BCUT2D eigenvalue weighted by Gasteiger charge is 2.11. The van der Waals surface area contributed by atoms with E-state index in [9.17, 15) is 4.79 Å². The van der Waals surface area contributed by atoms with Gasteiger partial charge in [-0.2, -0.15) is 0 Å². The average Bonchev–Trinajstić information content (AvgIpc) is 2.72. The second-order valence-corrected chi connectivity index (χ2v) is 7.12. The zero-order valence-corrected chi connectivity index (χ0v) is 17.2. The van der Waals surface area contributed by atoms with E-state index in [4.69, 9.17) is 4.74 Å². The number of rotatable bonds is 7. The van der Waals surface area contributed by atoms with E-state index in [1.54, 1.807) is 20.1 Å². The summed E-state index contributed by atoms with van der Waals surface area (Å²) in [6.07, 6.45) is 0. The molecule has 0 saturated carbocycles. The molecule has 0 aliphatic rings. The van der Waals surface area contributed by atoms with Crippen molar-refractivity contribution in [2.45, 2.75) is 33.2 Å². The second kappa shape index (κ2) is 9.19. The van der Waals surface area contributed by atoms with Crippen LogP contribution in [-0.4, -0.2) is 23.0 Å². The predicted molar refractivity (Wildman–Crippen MR) is 116 cm³/mol. The number of nitrogens with one attached hydrogen (secondary N) is 2. The molecule has 0 radical (unpaired) electrons. The van der Waals surface area contributed by atoms with Crippen LogP contribution in [0.4, 0.5) is 11.5 Å². The molecule has 0 unspecified atom stereocenters. The number of carbonyl (C=O) groups excluding carboxylic acids is 1. The molecule has 29 heavy (non-hydrogen) atoms. The predicted octanol–water partition coefficient (Wildman–Crippen LogP) is 4.78. The summed E-state index contributed by atoms with van der Waals surface area (Å²) in [4.78, 5) is 21.3. The lowest BCUT2D eigenvalue weighted by Gasteiger charge is -2.10. The van der Waals surface area contributed by atoms with Crippen LogP contribution in [0.3, 0.4) is 0 Å². The monoisotopic (exact) mass is 390 g/mol. The lowest BCUT2D eigenvalue weighted by Crippen LogP contribution is -2.16. The molecule has 0 bridgehead atoms. The van der Waals surface area contributed by atoms with Crippen LogP contribution in [0.25, 0.3) is 0 Å². The zero-order valence-electron chi connectivity index (χ0n) is 17.2. The number of aryl methyl sites for hydroxylation is 1. The van der Waals surface area contributed by atoms with Crippen molar-refractivity contribution in [1.29, 1.82) is 0 Å². The molecule has 2 N–H and O–H groups in total. The Morgan fingerprint density at radius 1 is 1.03 bits per heavy atom. The van der Waals surface area contributed by atoms with Crippen molar-refractivity contribution in [1.82, 2.24) is 9.97 Å². The molecule has 3 rings (SSSR count). The molecule has 2 aromatic carbocycles. The Hall–Kier alpha value is -3.41. The molecule has 1 aromatic heterocycles. The maximum absolute atomic E-state index is 12.6. The van der Waals surface area contributed by atoms with E-state index in [1.807, 2.05) is 48.5 Å². The Kier molecular flexibility index (Phi) is 6.44. The van der Waals surface area contributed by atoms with E-state index in [-0.39, 0.29) is 5.91 Å². The Morgan fingerprint density at radius 2 is 1.72 bits per heavy atom. The number of aromatic nitrogens is 2. The van der Waals surface area contributed by atoms with Gasteiger partial charge in [-0.3, -0.25) is 4.79 Å². The molecule has 0 spiro atoms. The van der Waals surface area contributed by atoms with Crippen LogP contribution in [0.1, 0.15) is 47.2 Å². The molecule has 0 aliphatic carbocycles. The maximum atomic E-state index is 12.6. The highest BCUT2D eigenvalue weighted by molar-refractivity contribution is 6.03. The largest absolute Gasteiger partial charge is 0.497 e. The van der Waals surface area contributed by atoms with Crippen LogP contribution >= 0.6 is 0 Å². The third-order valence-electron chi connectivity index (χ3n) is 4.54. The van der Waals surface area contributed by atoms with Gasteiger partial charge in [0.2, 0.25) is 0 Å². The summed E-state index contributed by atoms with van der Waals surface area (Å²) in [5.74, 6) is 2.13. The van der Waals surface area contributed by atoms with Gasteiger partial charge in [0, 0.05) is 18.3 Å². The summed E-state index contributed by atoms with van der Waals surface area (Å²) >= 11 is 0. The molecule has 0 atom stereocenters. The van der Waals surface area contributed by atoms with Gasteiger partial charge < -0.3 is 15.4 Å². The molecule has 6 heteroatoms. The molecule has 150 valence electrons. The molecular formula is C23H26N4O2. The van der Waals surface area contributed by atoms with Crippen LogP contribution in [-0.2, 0) is 6.54 Å². The van der Waals surface area contributed by atoms with E-state index in [1.165, 1.54) is 5.56 Å². The van der Waals surface area contributed by atoms with E-state index in [0.717, 1.165) is 17.0 Å². The van der Waals surface area contributed by atoms with Crippen LogP contribution in [0.5, 0.6) is 5.75 Å². The minimum Gasteiger partial charge on any atom is -0.497 e. The Morgan fingerprint density at radius 3 is 2.34 bits per heavy atom. The quantitative estimate of drug-likeness (QED) is 0.607. The van der Waals surface area contributed by atoms with Crippen molar-refractivity contribution in [2.75, 3.05) is 17.7 Å². The zero-order chi connectivity index (χ0) is 20.8. The molecule has 1 heterocycles. The molecule has 6 nitrogen and oxygen atoms in total. The summed E-state index contributed by atoms with van der Waals surface area (Å²) in [6.45, 7) is 6.63. The van der Waals surface area contributed by atoms with Gasteiger partial charge in [-0.1, -0.05) is 38.1 Å². The topological polar surface area (TPSA) is 76.1 Å². The lowest BCUT2D eigenvalue weighted by atomic mass is 10.0. The summed E-state index contributed by atoms with van der Waals surface area (Å²) in [5.41, 5.74) is 3.37. The number of amides is 1. The minimum atomic E-state index is -0.264. The van der Waals surface area contributed by atoms with Gasteiger partial charge in [-0.25, -0.2) is 9.97 Å². The first-order valence-electron chi connectivity index (χ1n) is 9.58. The van der Waals surface area contributed by atoms with Gasteiger partial charge in [-0.05, 0) is 48.2 Å². The Bertz CT molecular complexity index is 967. The third-order valence-corrected chi connectivity index (χ3v) is 4.54. The van der Waals surface area contributed by atoms with Crippen LogP contribution in [0.2, 0.25) is 0 Å². The standard InChI is InChI=1S/C23H26N4O2/c1-15(2)18-7-9-19(10-8-18)27-23(28)21-13-22(26-16(3)25-21)24-14-17-5-11-20(29-4)12-6-17/h5-13,15H,14H2,1-4H3,(H,27,28)(H,24,25,26). The van der Waals surface area contributed by atoms with Crippen LogP contribution in [0.15, 0.2) is 54.6 Å². The fraction of sp³-hybridized carbons (Fsp3) is 0.261. The molecule has 0 aliphatic heterocycles. The van der Waals surface area contributed by atoms with E-state index < -0.39 is 0 Å². The van der Waals surface area contributed by atoms with Crippen LogP contribution in [0, 0.1) is 6.92 Å². The van der Waals surface area contributed by atoms with Gasteiger partial charge >= 0.3 is 0 Å². The first-order valence-corrected chi connectivity index (χ1v) is 9.58. The van der Waals surface area contributed by atoms with Crippen molar-refractivity contribution in [3.8, 4) is 5.75 Å².